The quantitative estimate of drug-likeness (QED) is 0.901. The molecule has 2 unspecified atom stereocenters. The summed E-state index contributed by atoms with van der Waals surface area (Å²) in [5, 5.41) is 0. The van der Waals surface area contributed by atoms with E-state index in [4.69, 9.17) is 5.73 Å². The van der Waals surface area contributed by atoms with E-state index in [2.05, 4.69) is 9.80 Å². The van der Waals surface area contributed by atoms with Gasteiger partial charge in [0.2, 0.25) is 0 Å². The van der Waals surface area contributed by atoms with E-state index in [-0.39, 0.29) is 6.04 Å². The lowest BCUT2D eigenvalue weighted by Crippen LogP contribution is -2.36. The number of halogens is 2. The van der Waals surface area contributed by atoms with E-state index in [1.807, 2.05) is 14.1 Å². The molecule has 2 N–H and O–H groups in total. The van der Waals surface area contributed by atoms with Crippen LogP contribution >= 0.6 is 0 Å². The summed E-state index contributed by atoms with van der Waals surface area (Å²) < 4.78 is 26.8. The molecule has 0 saturated carbocycles. The van der Waals surface area contributed by atoms with Gasteiger partial charge in [-0.15, -0.1) is 0 Å². The van der Waals surface area contributed by atoms with Crippen molar-refractivity contribution < 1.29 is 8.78 Å². The second-order valence-electron chi connectivity index (χ2n) is 5.32. The van der Waals surface area contributed by atoms with E-state index in [0.29, 0.717) is 18.2 Å². The molecule has 19 heavy (non-hydrogen) atoms. The number of hydrogen-bond donors (Lipinski definition) is 1. The maximum atomic E-state index is 13.9. The average Bonchev–Trinajstić information content (AvgIpc) is 2.82. The molecule has 1 aliphatic rings. The first-order chi connectivity index (χ1) is 9.02. The van der Waals surface area contributed by atoms with Crippen molar-refractivity contribution in [1.82, 2.24) is 9.80 Å². The minimum absolute atomic E-state index is 0.175. The number of nitrogens with zero attached hydrogens (tertiary/aromatic N) is 2. The van der Waals surface area contributed by atoms with E-state index < -0.39 is 11.6 Å². The number of likely N-dealkylation sites (tertiary alicyclic amines) is 1. The Labute approximate surface area is 113 Å². The van der Waals surface area contributed by atoms with Crippen molar-refractivity contribution in [1.29, 1.82) is 0 Å². The van der Waals surface area contributed by atoms with Crippen LogP contribution in [0.1, 0.15) is 18.0 Å². The maximum absolute atomic E-state index is 13.9. The summed E-state index contributed by atoms with van der Waals surface area (Å²) in [5.41, 5.74) is 6.29. The number of nitrogens with two attached hydrogens (primary N) is 1. The summed E-state index contributed by atoms with van der Waals surface area (Å²) in [6.45, 7) is 2.09. The number of rotatable bonds is 4. The van der Waals surface area contributed by atoms with Crippen LogP contribution in [0.2, 0.25) is 0 Å². The molecule has 1 fully saturated rings. The molecule has 3 nitrogen and oxygen atoms in total. The highest BCUT2D eigenvalue weighted by atomic mass is 19.1. The third kappa shape index (κ3) is 3.11. The summed E-state index contributed by atoms with van der Waals surface area (Å²) in [6, 6.07) is 4.02. The minimum Gasteiger partial charge on any atom is -0.329 e. The maximum Gasteiger partial charge on any atom is 0.130 e. The number of hydrogen-bond acceptors (Lipinski definition) is 3. The lowest BCUT2D eigenvalue weighted by molar-refractivity contribution is 0.217. The Kier molecular flexibility index (Phi) is 4.50. The second-order valence-corrected chi connectivity index (χ2v) is 5.32. The van der Waals surface area contributed by atoms with Gasteiger partial charge in [0.25, 0.3) is 0 Å². The van der Waals surface area contributed by atoms with Crippen LogP contribution in [0.3, 0.4) is 0 Å². The number of benzene rings is 1. The summed E-state index contributed by atoms with van der Waals surface area (Å²) in [5.74, 6) is -1.06. The largest absolute Gasteiger partial charge is 0.329 e. The third-order valence-corrected chi connectivity index (χ3v) is 3.91. The molecule has 5 heteroatoms. The molecule has 1 aromatic carbocycles. The first kappa shape index (κ1) is 14.4. The first-order valence-electron chi connectivity index (χ1n) is 6.58. The standard InChI is InChI=1S/C14H21F2N3/c1-18(2)11-5-6-19(9-11)14(8-17)12-4-3-10(15)7-13(12)16/h3-4,7,11,14H,5-6,8-9,17H2,1-2H3. The van der Waals surface area contributed by atoms with Gasteiger partial charge in [-0.25, -0.2) is 8.78 Å². The highest BCUT2D eigenvalue weighted by Gasteiger charge is 2.30. The molecule has 0 radical (unpaired) electrons. The molecule has 0 amide bonds. The molecule has 2 rings (SSSR count). The summed E-state index contributed by atoms with van der Waals surface area (Å²) >= 11 is 0. The van der Waals surface area contributed by atoms with Gasteiger partial charge < -0.3 is 10.6 Å². The Morgan fingerprint density at radius 1 is 1.42 bits per heavy atom. The van der Waals surface area contributed by atoms with Gasteiger partial charge in [-0.1, -0.05) is 6.07 Å². The molecule has 1 aliphatic heterocycles. The third-order valence-electron chi connectivity index (χ3n) is 3.91. The SMILES string of the molecule is CN(C)C1CCN(C(CN)c2ccc(F)cc2F)C1. The number of likely N-dealkylation sites (N-methyl/N-ethyl adjacent to an activating group) is 1. The van der Waals surface area contributed by atoms with Gasteiger partial charge in [0.1, 0.15) is 11.6 Å². The fourth-order valence-electron chi connectivity index (χ4n) is 2.72. The fourth-order valence-corrected chi connectivity index (χ4v) is 2.72. The van der Waals surface area contributed by atoms with Gasteiger partial charge >= 0.3 is 0 Å². The minimum atomic E-state index is -0.551. The normalized spacial score (nSPS) is 22.1. The average molecular weight is 269 g/mol. The molecular formula is C14H21F2N3. The Balaban J connectivity index is 2.16. The molecule has 0 bridgehead atoms. The Morgan fingerprint density at radius 2 is 2.16 bits per heavy atom. The van der Waals surface area contributed by atoms with Crippen molar-refractivity contribution in [3.63, 3.8) is 0 Å². The monoisotopic (exact) mass is 269 g/mol. The second kappa shape index (κ2) is 5.94. The first-order valence-corrected chi connectivity index (χ1v) is 6.58. The summed E-state index contributed by atoms with van der Waals surface area (Å²) in [6.07, 6.45) is 1.05. The van der Waals surface area contributed by atoms with Crippen molar-refractivity contribution in [2.45, 2.75) is 18.5 Å². The van der Waals surface area contributed by atoms with Crippen LogP contribution in [-0.2, 0) is 0 Å². The molecule has 0 aliphatic carbocycles. The van der Waals surface area contributed by atoms with Crippen molar-refractivity contribution in [2.24, 2.45) is 5.73 Å². The summed E-state index contributed by atoms with van der Waals surface area (Å²) in [7, 11) is 4.09. The highest BCUT2D eigenvalue weighted by Crippen LogP contribution is 2.27. The van der Waals surface area contributed by atoms with Gasteiger partial charge in [-0.05, 0) is 26.6 Å². The smallest absolute Gasteiger partial charge is 0.130 e. The molecule has 0 spiro atoms. The molecular weight excluding hydrogens is 248 g/mol. The Morgan fingerprint density at radius 3 is 2.68 bits per heavy atom. The van der Waals surface area contributed by atoms with E-state index in [1.165, 1.54) is 12.1 Å². The lowest BCUT2D eigenvalue weighted by atomic mass is 10.0. The van der Waals surface area contributed by atoms with Crippen LogP contribution in [0.4, 0.5) is 8.78 Å². The van der Waals surface area contributed by atoms with Crippen molar-refractivity contribution in [2.75, 3.05) is 33.7 Å². The van der Waals surface area contributed by atoms with Crippen LogP contribution < -0.4 is 5.73 Å². The van der Waals surface area contributed by atoms with Crippen LogP contribution in [0.15, 0.2) is 18.2 Å². The molecule has 2 atom stereocenters. The lowest BCUT2D eigenvalue weighted by Gasteiger charge is -2.28. The summed E-state index contributed by atoms with van der Waals surface area (Å²) in [4.78, 5) is 4.36. The van der Waals surface area contributed by atoms with Gasteiger partial charge in [0.15, 0.2) is 0 Å². The molecule has 1 saturated heterocycles. The Bertz CT molecular complexity index is 437. The fraction of sp³-hybridized carbons (Fsp3) is 0.571. The van der Waals surface area contributed by atoms with E-state index >= 15 is 0 Å². The predicted octanol–water partition coefficient (Wildman–Crippen LogP) is 1.60. The zero-order valence-corrected chi connectivity index (χ0v) is 11.4. The molecule has 1 heterocycles. The van der Waals surface area contributed by atoms with Crippen LogP contribution in [-0.4, -0.2) is 49.6 Å². The topological polar surface area (TPSA) is 32.5 Å². The molecule has 0 aromatic heterocycles. The van der Waals surface area contributed by atoms with Gasteiger partial charge in [0.05, 0.1) is 0 Å². The van der Waals surface area contributed by atoms with Gasteiger partial charge in [0, 0.05) is 43.3 Å². The van der Waals surface area contributed by atoms with E-state index in [1.54, 1.807) is 0 Å². The van der Waals surface area contributed by atoms with Crippen molar-refractivity contribution in [3.8, 4) is 0 Å². The van der Waals surface area contributed by atoms with Crippen molar-refractivity contribution in [3.05, 3.63) is 35.4 Å². The van der Waals surface area contributed by atoms with E-state index in [9.17, 15) is 8.78 Å². The van der Waals surface area contributed by atoms with Crippen LogP contribution in [0, 0.1) is 11.6 Å². The Hall–Kier alpha value is -1.04. The highest BCUT2D eigenvalue weighted by molar-refractivity contribution is 5.23. The van der Waals surface area contributed by atoms with Crippen LogP contribution in [0.5, 0.6) is 0 Å². The zero-order valence-electron chi connectivity index (χ0n) is 11.4. The molecule has 106 valence electrons. The van der Waals surface area contributed by atoms with Gasteiger partial charge in [-0.3, -0.25) is 4.90 Å². The van der Waals surface area contributed by atoms with Crippen LogP contribution in [0.25, 0.3) is 0 Å². The predicted molar refractivity (Wildman–Crippen MR) is 71.8 cm³/mol. The van der Waals surface area contributed by atoms with Gasteiger partial charge in [-0.2, -0.15) is 0 Å². The molecule has 1 aromatic rings. The van der Waals surface area contributed by atoms with E-state index in [0.717, 1.165) is 25.6 Å². The zero-order chi connectivity index (χ0) is 14.0. The van der Waals surface area contributed by atoms with Crippen molar-refractivity contribution >= 4 is 0 Å².